The fraction of sp³-hybridized carbons (Fsp3) is 0.304. The summed E-state index contributed by atoms with van der Waals surface area (Å²) in [4.78, 5) is 48.7. The summed E-state index contributed by atoms with van der Waals surface area (Å²) in [6.07, 6.45) is 7.25. The van der Waals surface area contributed by atoms with E-state index in [2.05, 4.69) is 15.5 Å². The van der Waals surface area contributed by atoms with Gasteiger partial charge in [0.25, 0.3) is 11.8 Å². The lowest BCUT2D eigenvalue weighted by Crippen LogP contribution is -2.71. The molecule has 0 saturated carbocycles. The van der Waals surface area contributed by atoms with Crippen LogP contribution in [-0.4, -0.2) is 71.8 Å². The van der Waals surface area contributed by atoms with Crippen LogP contribution in [-0.2, 0) is 32.4 Å². The van der Waals surface area contributed by atoms with E-state index in [1.165, 1.54) is 16.7 Å². The van der Waals surface area contributed by atoms with Gasteiger partial charge in [-0.15, -0.1) is 23.1 Å². The molecular weight excluding hydrogens is 534 g/mol. The van der Waals surface area contributed by atoms with Gasteiger partial charge in [-0.05, 0) is 13.0 Å². The summed E-state index contributed by atoms with van der Waals surface area (Å²) in [5.41, 5.74) is 7.78. The molecule has 5 N–H and O–H groups in total. The van der Waals surface area contributed by atoms with Crippen molar-refractivity contribution < 1.29 is 34.0 Å². The Morgan fingerprint density at radius 3 is 2.89 bits per heavy atom. The van der Waals surface area contributed by atoms with Crippen molar-refractivity contribution in [2.24, 2.45) is 5.16 Å². The molecule has 0 spiro atoms. The number of nitrogens with two attached hydrogens (primary N) is 1. The van der Waals surface area contributed by atoms with Gasteiger partial charge >= 0.3 is 5.97 Å². The van der Waals surface area contributed by atoms with Crippen LogP contribution in [0.25, 0.3) is 5.52 Å². The van der Waals surface area contributed by atoms with Crippen molar-refractivity contribution in [3.05, 3.63) is 58.8 Å². The molecular formula is C23H24N7O6S2+. The monoisotopic (exact) mass is 558 g/mol. The number of aliphatic hydroxyl groups is 1. The number of hydrogen-bond donors (Lipinski definition) is 4. The van der Waals surface area contributed by atoms with Crippen molar-refractivity contribution in [2.75, 3.05) is 18.1 Å². The molecule has 5 rings (SSSR count). The zero-order chi connectivity index (χ0) is 27.0. The largest absolute Gasteiger partial charge is 0.477 e. The van der Waals surface area contributed by atoms with E-state index in [9.17, 15) is 24.6 Å². The molecule has 2 amide bonds. The SMILES string of the molecule is CCO/N=C(\C(=O)N[C@@H]1C(=O)N2C(C(=O)O)=C(C[n+]3ccn4ccc(CO)c4c3)CS[C@H]12)c1csc(N)n1. The summed E-state index contributed by atoms with van der Waals surface area (Å²) in [7, 11) is 0. The lowest BCUT2D eigenvalue weighted by Gasteiger charge is -2.49. The summed E-state index contributed by atoms with van der Waals surface area (Å²) >= 11 is 2.50. The number of nitrogens with one attached hydrogen (secondary N) is 1. The normalized spacial score (nSPS) is 19.4. The summed E-state index contributed by atoms with van der Waals surface area (Å²) < 4.78 is 3.67. The van der Waals surface area contributed by atoms with Crippen molar-refractivity contribution in [3.63, 3.8) is 0 Å². The Kier molecular flexibility index (Phi) is 7.05. The summed E-state index contributed by atoms with van der Waals surface area (Å²) in [6, 6.07) is 0.868. The number of aliphatic hydroxyl groups excluding tert-OH is 1. The number of aliphatic carboxylic acids is 1. The molecule has 38 heavy (non-hydrogen) atoms. The highest BCUT2D eigenvalue weighted by atomic mass is 32.2. The summed E-state index contributed by atoms with van der Waals surface area (Å²) in [5, 5.41) is 27.3. The van der Waals surface area contributed by atoms with E-state index in [0.717, 1.165) is 22.4 Å². The molecule has 5 heterocycles. The van der Waals surface area contributed by atoms with E-state index < -0.39 is 29.2 Å². The van der Waals surface area contributed by atoms with Gasteiger partial charge in [0.2, 0.25) is 0 Å². The third-order valence-electron chi connectivity index (χ3n) is 6.10. The van der Waals surface area contributed by atoms with E-state index >= 15 is 0 Å². The molecule has 13 nitrogen and oxygen atoms in total. The Hall–Kier alpha value is -3.95. The highest BCUT2D eigenvalue weighted by molar-refractivity contribution is 8.00. The number of aromatic nitrogens is 3. The third-order valence-corrected chi connectivity index (χ3v) is 8.11. The lowest BCUT2D eigenvalue weighted by molar-refractivity contribution is -0.688. The van der Waals surface area contributed by atoms with Crippen LogP contribution in [0.15, 0.2) is 52.7 Å². The van der Waals surface area contributed by atoms with Crippen LogP contribution in [0.2, 0.25) is 0 Å². The number of nitrogen functional groups attached to an aromatic ring is 1. The van der Waals surface area contributed by atoms with Crippen molar-refractivity contribution in [3.8, 4) is 0 Å². The van der Waals surface area contributed by atoms with Gasteiger partial charge in [-0.25, -0.2) is 9.78 Å². The number of thiazole rings is 1. The Morgan fingerprint density at radius 2 is 2.21 bits per heavy atom. The van der Waals surface area contributed by atoms with E-state index in [4.69, 9.17) is 10.6 Å². The molecule has 15 heteroatoms. The van der Waals surface area contributed by atoms with E-state index in [0.29, 0.717) is 11.3 Å². The van der Waals surface area contributed by atoms with Crippen LogP contribution in [0.4, 0.5) is 5.13 Å². The Morgan fingerprint density at radius 1 is 1.39 bits per heavy atom. The molecule has 3 aromatic rings. The molecule has 198 valence electrons. The maximum Gasteiger partial charge on any atom is 0.352 e. The smallest absolute Gasteiger partial charge is 0.352 e. The maximum atomic E-state index is 13.1. The first kappa shape index (κ1) is 25.7. The third kappa shape index (κ3) is 4.59. The predicted octanol–water partition coefficient (Wildman–Crippen LogP) is -0.0628. The molecule has 1 fully saturated rings. The molecule has 2 aliphatic heterocycles. The maximum absolute atomic E-state index is 13.1. The average Bonchev–Trinajstić information content (AvgIpc) is 3.52. The highest BCUT2D eigenvalue weighted by Gasteiger charge is 2.54. The minimum atomic E-state index is -1.22. The first-order valence-electron chi connectivity index (χ1n) is 11.5. The average molecular weight is 559 g/mol. The number of carboxylic acids is 1. The fourth-order valence-electron chi connectivity index (χ4n) is 4.34. The van der Waals surface area contributed by atoms with Gasteiger partial charge in [0.15, 0.2) is 29.8 Å². The summed E-state index contributed by atoms with van der Waals surface area (Å²) in [6.45, 7) is 2.05. The first-order valence-corrected chi connectivity index (χ1v) is 13.5. The number of carbonyl (C=O) groups excluding carboxylic acids is 2. The zero-order valence-electron chi connectivity index (χ0n) is 20.1. The van der Waals surface area contributed by atoms with E-state index in [1.807, 2.05) is 33.6 Å². The zero-order valence-corrected chi connectivity index (χ0v) is 21.7. The number of rotatable bonds is 9. The second-order valence-electron chi connectivity index (χ2n) is 8.44. The van der Waals surface area contributed by atoms with Gasteiger partial charge in [-0.2, -0.15) is 4.57 Å². The number of oxime groups is 1. The van der Waals surface area contributed by atoms with Crippen molar-refractivity contribution in [2.45, 2.75) is 31.5 Å². The molecule has 0 unspecified atom stereocenters. The minimum absolute atomic E-state index is 0.0927. The number of β-lactam (4-membered cyclic amide) rings is 1. The molecule has 0 bridgehead atoms. The number of fused-ring (bicyclic) bond motifs is 2. The highest BCUT2D eigenvalue weighted by Crippen LogP contribution is 2.40. The van der Waals surface area contributed by atoms with E-state index in [1.54, 1.807) is 18.5 Å². The van der Waals surface area contributed by atoms with Gasteiger partial charge in [0, 0.05) is 28.5 Å². The number of thioether (sulfide) groups is 1. The van der Waals surface area contributed by atoms with Crippen LogP contribution >= 0.6 is 23.1 Å². The topological polar surface area (TPSA) is 176 Å². The second kappa shape index (κ2) is 10.4. The van der Waals surface area contributed by atoms with Crippen LogP contribution in [0.3, 0.4) is 0 Å². The van der Waals surface area contributed by atoms with Crippen LogP contribution in [0, 0.1) is 0 Å². The summed E-state index contributed by atoms with van der Waals surface area (Å²) in [5.74, 6) is -2.09. The molecule has 1 saturated heterocycles. The number of carbonyl (C=O) groups is 3. The van der Waals surface area contributed by atoms with Gasteiger partial charge in [-0.3, -0.25) is 14.5 Å². The number of hydrogen-bond acceptors (Lipinski definition) is 10. The number of nitrogens with zero attached hydrogens (tertiary/aromatic N) is 5. The van der Waals surface area contributed by atoms with Crippen molar-refractivity contribution in [1.82, 2.24) is 19.6 Å². The standard InChI is InChI=1S/C23H23N7O6S2/c1-2-36-27-16(14-11-38-23(24)25-14)19(32)26-17-20(33)30-18(22(34)35)13(10-37-21(17)30)7-28-5-6-29-4-3-12(9-31)15(29)8-28/h3-6,8,11,17,21,31H,2,7,9-10H2,1H3,(H3-,24,25,26,32,34,35)/p+1/b27-16-/t17-,21-/m1/s1. The van der Waals surface area contributed by atoms with Crippen molar-refractivity contribution in [1.29, 1.82) is 0 Å². The molecule has 0 aromatic carbocycles. The second-order valence-corrected chi connectivity index (χ2v) is 10.4. The lowest BCUT2D eigenvalue weighted by atomic mass is 10.0. The van der Waals surface area contributed by atoms with Gasteiger partial charge in [0.1, 0.15) is 34.9 Å². The predicted molar refractivity (Wildman–Crippen MR) is 138 cm³/mol. The molecule has 2 atom stereocenters. The Labute approximate surface area is 224 Å². The molecule has 0 radical (unpaired) electrons. The Bertz CT molecular complexity index is 1500. The molecule has 3 aromatic heterocycles. The Balaban J connectivity index is 1.36. The first-order chi connectivity index (χ1) is 18.3. The van der Waals surface area contributed by atoms with Gasteiger partial charge < -0.3 is 30.5 Å². The van der Waals surface area contributed by atoms with Gasteiger partial charge in [-0.1, -0.05) is 5.16 Å². The number of amides is 2. The number of carboxylic acid groups (broad SMARTS) is 1. The molecule has 0 aliphatic carbocycles. The van der Waals surface area contributed by atoms with Crippen LogP contribution in [0.1, 0.15) is 18.2 Å². The van der Waals surface area contributed by atoms with Crippen LogP contribution in [0.5, 0.6) is 0 Å². The van der Waals surface area contributed by atoms with Crippen molar-refractivity contribution >= 4 is 57.2 Å². The minimum Gasteiger partial charge on any atom is -0.477 e. The molecule has 2 aliphatic rings. The van der Waals surface area contributed by atoms with E-state index in [-0.39, 0.29) is 42.0 Å². The number of anilines is 1. The van der Waals surface area contributed by atoms with Gasteiger partial charge in [0.05, 0.1) is 12.8 Å². The quantitative estimate of drug-likeness (QED) is 0.121. The van der Waals surface area contributed by atoms with Crippen LogP contribution < -0.4 is 15.6 Å². The fourth-order valence-corrected chi connectivity index (χ4v) is 6.22.